The molecule has 0 aromatic heterocycles. The average molecular weight is 294 g/mol. The Hall–Kier alpha value is -2.08. The van der Waals surface area contributed by atoms with Gasteiger partial charge in [0.15, 0.2) is 5.78 Å². The normalized spacial score (nSPS) is 12.2. The topological polar surface area (TPSA) is 102 Å². The molecule has 1 aromatic rings. The number of carboxylic acid groups (broad SMARTS) is 1. The number of nitrogens with two attached hydrogens (primary N) is 1. The van der Waals surface area contributed by atoms with Gasteiger partial charge in [0.05, 0.1) is 19.3 Å². The van der Waals surface area contributed by atoms with Gasteiger partial charge in [-0.2, -0.15) is 0 Å². The van der Waals surface area contributed by atoms with Crippen molar-refractivity contribution in [2.75, 3.05) is 19.4 Å². The van der Waals surface area contributed by atoms with E-state index >= 15 is 0 Å². The first-order valence-electron chi connectivity index (χ1n) is 6.78. The summed E-state index contributed by atoms with van der Waals surface area (Å²) < 4.78 is 5.02. The van der Waals surface area contributed by atoms with Crippen LogP contribution in [0.15, 0.2) is 18.2 Å². The predicted octanol–water partition coefficient (Wildman–Crippen LogP) is 1.55. The number of carboxylic acids is 1. The molecule has 0 amide bonds. The molecule has 1 atom stereocenters. The van der Waals surface area contributed by atoms with E-state index in [1.54, 1.807) is 12.1 Å². The van der Waals surface area contributed by atoms with Crippen LogP contribution in [0.25, 0.3) is 0 Å². The molecule has 6 nitrogen and oxygen atoms in total. The van der Waals surface area contributed by atoms with Gasteiger partial charge in [-0.25, -0.2) is 0 Å². The second-order valence-electron chi connectivity index (χ2n) is 5.28. The van der Waals surface area contributed by atoms with Crippen molar-refractivity contribution in [3.63, 3.8) is 0 Å². The molecule has 0 radical (unpaired) electrons. The van der Waals surface area contributed by atoms with Crippen molar-refractivity contribution in [3.05, 3.63) is 23.8 Å². The maximum atomic E-state index is 12.1. The highest BCUT2D eigenvalue weighted by Gasteiger charge is 2.19. The standard InChI is InChI=1S/C15H22N2O4/c1-9(2)6-12(15(19)20)17-8-13(18)10-4-5-14(21-3)11(16)7-10/h4-5,7,9,12,17H,6,8,16H2,1-3H3,(H,19,20). The number of anilines is 1. The smallest absolute Gasteiger partial charge is 0.320 e. The lowest BCUT2D eigenvalue weighted by Crippen LogP contribution is -2.40. The van der Waals surface area contributed by atoms with Crippen molar-refractivity contribution < 1.29 is 19.4 Å². The summed E-state index contributed by atoms with van der Waals surface area (Å²) in [4.78, 5) is 23.2. The number of Topliss-reactive ketones (excluding diaryl/α,β-unsaturated/α-hetero) is 1. The molecule has 0 heterocycles. The van der Waals surface area contributed by atoms with E-state index in [1.165, 1.54) is 13.2 Å². The van der Waals surface area contributed by atoms with Crippen molar-refractivity contribution >= 4 is 17.4 Å². The second-order valence-corrected chi connectivity index (χ2v) is 5.28. The molecule has 1 unspecified atom stereocenters. The minimum absolute atomic E-state index is 0.0462. The van der Waals surface area contributed by atoms with E-state index in [4.69, 9.17) is 15.6 Å². The van der Waals surface area contributed by atoms with E-state index in [-0.39, 0.29) is 18.2 Å². The van der Waals surface area contributed by atoms with Gasteiger partial charge in [0.1, 0.15) is 11.8 Å². The highest BCUT2D eigenvalue weighted by Crippen LogP contribution is 2.22. The van der Waals surface area contributed by atoms with Crippen molar-refractivity contribution in [1.82, 2.24) is 5.32 Å². The van der Waals surface area contributed by atoms with Gasteiger partial charge in [-0.3, -0.25) is 14.9 Å². The Morgan fingerprint density at radius 1 is 1.38 bits per heavy atom. The number of nitrogen functional groups attached to an aromatic ring is 1. The first-order chi connectivity index (χ1) is 9.85. The molecule has 0 aliphatic carbocycles. The van der Waals surface area contributed by atoms with Crippen LogP contribution in [-0.2, 0) is 4.79 Å². The third-order valence-corrected chi connectivity index (χ3v) is 3.07. The van der Waals surface area contributed by atoms with E-state index in [2.05, 4.69) is 5.32 Å². The lowest BCUT2D eigenvalue weighted by Gasteiger charge is -2.16. The SMILES string of the molecule is COc1ccc(C(=O)CNC(CC(C)C)C(=O)O)cc1N. The minimum atomic E-state index is -0.953. The van der Waals surface area contributed by atoms with Crippen molar-refractivity contribution in [1.29, 1.82) is 0 Å². The van der Waals surface area contributed by atoms with Gasteiger partial charge in [-0.05, 0) is 30.5 Å². The fourth-order valence-corrected chi connectivity index (χ4v) is 1.97. The van der Waals surface area contributed by atoms with E-state index in [1.807, 2.05) is 13.8 Å². The highest BCUT2D eigenvalue weighted by molar-refractivity contribution is 5.99. The van der Waals surface area contributed by atoms with Gasteiger partial charge in [0, 0.05) is 5.56 Å². The number of ether oxygens (including phenoxy) is 1. The molecule has 4 N–H and O–H groups in total. The summed E-state index contributed by atoms with van der Waals surface area (Å²) >= 11 is 0. The van der Waals surface area contributed by atoms with Crippen LogP contribution < -0.4 is 15.8 Å². The largest absolute Gasteiger partial charge is 0.495 e. The summed E-state index contributed by atoms with van der Waals surface area (Å²) in [7, 11) is 1.50. The Labute approximate surface area is 124 Å². The summed E-state index contributed by atoms with van der Waals surface area (Å²) in [6, 6.07) is 4.02. The molecule has 0 bridgehead atoms. The molecule has 0 saturated heterocycles. The number of hydrogen-bond donors (Lipinski definition) is 3. The number of ketones is 1. The number of aliphatic carboxylic acids is 1. The summed E-state index contributed by atoms with van der Waals surface area (Å²) in [5, 5.41) is 11.9. The van der Waals surface area contributed by atoms with Crippen LogP contribution in [0.3, 0.4) is 0 Å². The van der Waals surface area contributed by atoms with Gasteiger partial charge in [-0.1, -0.05) is 13.8 Å². The second kappa shape index (κ2) is 7.64. The van der Waals surface area contributed by atoms with Crippen molar-refractivity contribution in [3.8, 4) is 5.75 Å². The fourth-order valence-electron chi connectivity index (χ4n) is 1.97. The Bertz CT molecular complexity index is 514. The molecule has 1 aromatic carbocycles. The average Bonchev–Trinajstić information content (AvgIpc) is 2.42. The van der Waals surface area contributed by atoms with Gasteiger partial charge >= 0.3 is 5.97 Å². The zero-order valence-electron chi connectivity index (χ0n) is 12.6. The zero-order valence-corrected chi connectivity index (χ0v) is 12.6. The zero-order chi connectivity index (χ0) is 16.0. The number of methoxy groups -OCH3 is 1. The molecule has 0 fully saturated rings. The molecular formula is C15H22N2O4. The summed E-state index contributed by atoms with van der Waals surface area (Å²) in [5.41, 5.74) is 6.55. The predicted molar refractivity (Wildman–Crippen MR) is 80.6 cm³/mol. The summed E-state index contributed by atoms with van der Waals surface area (Å²) in [5.74, 6) is -0.432. The molecular weight excluding hydrogens is 272 g/mol. The Balaban J connectivity index is 2.68. The van der Waals surface area contributed by atoms with Crippen LogP contribution in [0, 0.1) is 5.92 Å². The third kappa shape index (κ3) is 5.07. The fraction of sp³-hybridized carbons (Fsp3) is 0.467. The number of benzene rings is 1. The molecule has 0 aliphatic rings. The maximum absolute atomic E-state index is 12.1. The Morgan fingerprint density at radius 2 is 2.05 bits per heavy atom. The molecule has 21 heavy (non-hydrogen) atoms. The lowest BCUT2D eigenvalue weighted by atomic mass is 10.0. The Kier molecular flexibility index (Phi) is 6.17. The highest BCUT2D eigenvalue weighted by atomic mass is 16.5. The molecule has 0 aliphatic heterocycles. The van der Waals surface area contributed by atoms with Crippen molar-refractivity contribution in [2.24, 2.45) is 5.92 Å². The number of rotatable bonds is 8. The van der Waals surface area contributed by atoms with Crippen LogP contribution in [-0.4, -0.2) is 36.6 Å². The number of nitrogens with one attached hydrogen (secondary N) is 1. The van der Waals surface area contributed by atoms with E-state index < -0.39 is 12.0 Å². The van der Waals surface area contributed by atoms with Crippen LogP contribution in [0.2, 0.25) is 0 Å². The maximum Gasteiger partial charge on any atom is 0.320 e. The molecule has 0 saturated carbocycles. The van der Waals surface area contributed by atoms with Gasteiger partial charge in [0.25, 0.3) is 0 Å². The molecule has 116 valence electrons. The number of hydrogen-bond acceptors (Lipinski definition) is 5. The van der Waals surface area contributed by atoms with Crippen molar-refractivity contribution in [2.45, 2.75) is 26.3 Å². The number of carbonyl (C=O) groups excluding carboxylic acids is 1. The van der Waals surface area contributed by atoms with Gasteiger partial charge < -0.3 is 15.6 Å². The molecule has 6 heteroatoms. The monoisotopic (exact) mass is 294 g/mol. The van der Waals surface area contributed by atoms with Crippen LogP contribution in [0.5, 0.6) is 5.75 Å². The molecule has 1 rings (SSSR count). The third-order valence-electron chi connectivity index (χ3n) is 3.07. The van der Waals surface area contributed by atoms with E-state index in [0.29, 0.717) is 23.4 Å². The summed E-state index contributed by atoms with van der Waals surface area (Å²) in [6.07, 6.45) is 0.466. The minimum Gasteiger partial charge on any atom is -0.495 e. The van der Waals surface area contributed by atoms with E-state index in [0.717, 1.165) is 0 Å². The van der Waals surface area contributed by atoms with E-state index in [9.17, 15) is 9.59 Å². The first-order valence-corrected chi connectivity index (χ1v) is 6.78. The van der Waals surface area contributed by atoms with Gasteiger partial charge in [-0.15, -0.1) is 0 Å². The summed E-state index contributed by atoms with van der Waals surface area (Å²) in [6.45, 7) is 3.82. The quantitative estimate of drug-likeness (QED) is 0.496. The number of carbonyl (C=O) groups is 2. The van der Waals surface area contributed by atoms with Crippen LogP contribution in [0.4, 0.5) is 5.69 Å². The first kappa shape index (κ1) is 17.0. The van der Waals surface area contributed by atoms with Crippen LogP contribution in [0.1, 0.15) is 30.6 Å². The lowest BCUT2D eigenvalue weighted by molar-refractivity contribution is -0.139. The Morgan fingerprint density at radius 3 is 2.52 bits per heavy atom. The molecule has 0 spiro atoms. The van der Waals surface area contributed by atoms with Crippen LogP contribution >= 0.6 is 0 Å². The van der Waals surface area contributed by atoms with Gasteiger partial charge in [0.2, 0.25) is 0 Å².